The fourth-order valence-corrected chi connectivity index (χ4v) is 3.57. The number of hydrogen-bond acceptors (Lipinski definition) is 2. The molecule has 0 aliphatic heterocycles. The summed E-state index contributed by atoms with van der Waals surface area (Å²) in [5.74, 6) is 0.433. The lowest BCUT2D eigenvalue weighted by Gasteiger charge is -2.03. The van der Waals surface area contributed by atoms with E-state index in [0.29, 0.717) is 13.1 Å². The topological polar surface area (TPSA) is 58.0 Å². The average Bonchev–Trinajstić information content (AvgIpc) is 3.21. The number of ether oxygens (including phenoxy) is 1. The summed E-state index contributed by atoms with van der Waals surface area (Å²) in [7, 11) is 1.65. The van der Waals surface area contributed by atoms with Gasteiger partial charge in [-0.15, -0.1) is 0 Å². The zero-order chi connectivity index (χ0) is 22.3. The highest BCUT2D eigenvalue weighted by molar-refractivity contribution is 5.91. The van der Waals surface area contributed by atoms with Crippen molar-refractivity contribution in [3.05, 3.63) is 102 Å². The number of carbonyl (C=O) groups is 1. The maximum absolute atomic E-state index is 13.3. The molecule has 0 aliphatic carbocycles. The number of carbonyl (C=O) groups excluding carboxylic acids is 1. The minimum Gasteiger partial charge on any atom is -1.00 e. The Balaban J connectivity index is 0.00000306. The fourth-order valence-electron chi connectivity index (χ4n) is 3.57. The lowest BCUT2D eigenvalue weighted by molar-refractivity contribution is -0.688. The molecule has 0 saturated heterocycles. The van der Waals surface area contributed by atoms with Gasteiger partial charge in [0.1, 0.15) is 11.6 Å². The van der Waals surface area contributed by atoms with E-state index in [1.165, 1.54) is 18.2 Å². The summed E-state index contributed by atoms with van der Waals surface area (Å²) in [4.78, 5) is 15.4. The van der Waals surface area contributed by atoms with Crippen molar-refractivity contribution < 1.29 is 35.5 Å². The van der Waals surface area contributed by atoms with E-state index in [4.69, 9.17) is 4.74 Å². The lowest BCUT2D eigenvalue weighted by atomic mass is 10.1. The molecular weight excluding hydrogens is 485 g/mol. The number of halogens is 2. The largest absolute Gasteiger partial charge is 1.00 e. The molecule has 4 aromatic rings. The van der Waals surface area contributed by atoms with Crippen LogP contribution in [0.5, 0.6) is 5.75 Å². The van der Waals surface area contributed by atoms with Gasteiger partial charge in [0.15, 0.2) is 18.9 Å². The summed E-state index contributed by atoms with van der Waals surface area (Å²) in [5.41, 5.74) is 3.99. The third-order valence-corrected chi connectivity index (χ3v) is 5.27. The number of benzene rings is 2. The van der Waals surface area contributed by atoms with E-state index in [1.807, 2.05) is 59.6 Å². The Labute approximate surface area is 202 Å². The highest BCUT2D eigenvalue weighted by atomic mass is 79.9. The number of H-pyrrole nitrogens is 1. The average molecular weight is 510 g/mol. The van der Waals surface area contributed by atoms with Crippen molar-refractivity contribution in [3.8, 4) is 5.75 Å². The molecule has 2 heterocycles. The highest BCUT2D eigenvalue weighted by Gasteiger charge is 2.06. The highest BCUT2D eigenvalue weighted by Crippen LogP contribution is 2.23. The minimum atomic E-state index is -0.238. The minimum absolute atomic E-state index is 0. The number of pyridine rings is 1. The Bertz CT molecular complexity index is 1250. The van der Waals surface area contributed by atoms with Crippen molar-refractivity contribution >= 4 is 22.9 Å². The Morgan fingerprint density at radius 1 is 1.15 bits per heavy atom. The summed E-state index contributed by atoms with van der Waals surface area (Å²) >= 11 is 0. The second kappa shape index (κ2) is 11.4. The van der Waals surface area contributed by atoms with Crippen molar-refractivity contribution in [2.75, 3.05) is 13.7 Å². The van der Waals surface area contributed by atoms with Gasteiger partial charge in [0.05, 0.1) is 7.11 Å². The van der Waals surface area contributed by atoms with Crippen LogP contribution in [0.3, 0.4) is 0 Å². The first-order valence-electron chi connectivity index (χ1n) is 10.4. The molecular formula is C26H25BrFN3O2. The van der Waals surface area contributed by atoms with Gasteiger partial charge in [0.25, 0.3) is 0 Å². The maximum atomic E-state index is 13.3. The third kappa shape index (κ3) is 6.52. The van der Waals surface area contributed by atoms with E-state index < -0.39 is 0 Å². The van der Waals surface area contributed by atoms with Gasteiger partial charge in [-0.3, -0.25) is 4.79 Å². The molecule has 5 nitrogen and oxygen atoms in total. The number of nitrogens with zero attached hydrogens (tertiary/aromatic N) is 1. The fraction of sp³-hybridized carbons (Fsp3) is 0.154. The summed E-state index contributed by atoms with van der Waals surface area (Å²) < 4.78 is 20.6. The Morgan fingerprint density at radius 3 is 2.73 bits per heavy atom. The number of rotatable bonds is 8. The summed E-state index contributed by atoms with van der Waals surface area (Å²) in [5, 5.41) is 4.02. The van der Waals surface area contributed by atoms with E-state index in [1.54, 1.807) is 19.3 Å². The molecule has 0 aliphatic rings. The molecule has 0 radical (unpaired) electrons. The number of fused-ring (bicyclic) bond motifs is 1. The number of aromatic amines is 1. The second-order valence-corrected chi connectivity index (χ2v) is 7.53. The van der Waals surface area contributed by atoms with Gasteiger partial charge in [0, 0.05) is 47.4 Å². The molecule has 0 unspecified atom stereocenters. The number of nitrogens with one attached hydrogen (secondary N) is 2. The first-order chi connectivity index (χ1) is 15.6. The molecule has 0 spiro atoms. The van der Waals surface area contributed by atoms with Gasteiger partial charge in [-0.2, -0.15) is 0 Å². The lowest BCUT2D eigenvalue weighted by Crippen LogP contribution is -3.00. The molecule has 7 heteroatoms. The molecule has 170 valence electrons. The quantitative estimate of drug-likeness (QED) is 0.275. The van der Waals surface area contributed by atoms with Crippen LogP contribution in [0, 0.1) is 5.82 Å². The molecule has 2 aromatic heterocycles. The third-order valence-electron chi connectivity index (χ3n) is 5.27. The molecule has 0 bridgehead atoms. The SMILES string of the molecule is COc1ccc2[nH]cc(CCNC(=O)/C=C/c3cc[n+](Cc4cccc(F)c4)cc3)c2c1.[Br-]. The van der Waals surface area contributed by atoms with Crippen LogP contribution in [0.1, 0.15) is 16.7 Å². The van der Waals surface area contributed by atoms with E-state index >= 15 is 0 Å². The molecule has 4 rings (SSSR count). The number of hydrogen-bond donors (Lipinski definition) is 2. The molecule has 0 atom stereocenters. The van der Waals surface area contributed by atoms with Crippen LogP contribution in [0.25, 0.3) is 17.0 Å². The first kappa shape index (κ1) is 24.2. The normalized spacial score (nSPS) is 10.8. The van der Waals surface area contributed by atoms with Crippen molar-refractivity contribution in [3.63, 3.8) is 0 Å². The van der Waals surface area contributed by atoms with Gasteiger partial charge in [-0.1, -0.05) is 12.1 Å². The van der Waals surface area contributed by atoms with E-state index in [2.05, 4.69) is 10.3 Å². The molecule has 33 heavy (non-hydrogen) atoms. The Morgan fingerprint density at radius 2 is 1.97 bits per heavy atom. The smallest absolute Gasteiger partial charge is 0.244 e. The van der Waals surface area contributed by atoms with Crippen LogP contribution in [0.2, 0.25) is 0 Å². The molecule has 2 aromatic carbocycles. The van der Waals surface area contributed by atoms with Crippen molar-refractivity contribution in [2.24, 2.45) is 0 Å². The molecule has 0 saturated carbocycles. The van der Waals surface area contributed by atoms with E-state index in [0.717, 1.165) is 39.8 Å². The zero-order valence-corrected chi connectivity index (χ0v) is 19.8. The van der Waals surface area contributed by atoms with Crippen molar-refractivity contribution in [1.29, 1.82) is 0 Å². The predicted octanol–water partition coefficient (Wildman–Crippen LogP) is 1.03. The number of aromatic nitrogens is 2. The van der Waals surface area contributed by atoms with Crippen LogP contribution in [0.4, 0.5) is 4.39 Å². The first-order valence-corrected chi connectivity index (χ1v) is 10.4. The second-order valence-electron chi connectivity index (χ2n) is 7.53. The Hall–Kier alpha value is -3.45. The summed E-state index contributed by atoms with van der Waals surface area (Å²) in [6, 6.07) is 16.3. The summed E-state index contributed by atoms with van der Waals surface area (Å²) in [6.07, 6.45) is 9.82. The van der Waals surface area contributed by atoms with Gasteiger partial charge in [-0.25, -0.2) is 8.96 Å². The van der Waals surface area contributed by atoms with Crippen molar-refractivity contribution in [1.82, 2.24) is 10.3 Å². The molecule has 1 amide bonds. The van der Waals surface area contributed by atoms with Crippen LogP contribution in [-0.2, 0) is 17.8 Å². The monoisotopic (exact) mass is 509 g/mol. The van der Waals surface area contributed by atoms with Crippen molar-refractivity contribution in [2.45, 2.75) is 13.0 Å². The van der Waals surface area contributed by atoms with Crippen LogP contribution in [0.15, 0.2) is 79.3 Å². The van der Waals surface area contributed by atoms with Gasteiger partial charge in [0.2, 0.25) is 5.91 Å². The van der Waals surface area contributed by atoms with Crippen LogP contribution >= 0.6 is 0 Å². The maximum Gasteiger partial charge on any atom is 0.244 e. The molecule has 0 fully saturated rings. The predicted molar refractivity (Wildman–Crippen MR) is 123 cm³/mol. The standard InChI is InChI=1S/C26H24FN3O2.BrH/c1-32-23-6-7-25-24(16-23)21(17-29-25)9-12-28-26(31)8-5-19-10-13-30(14-11-19)18-20-3-2-4-22(27)15-20;/h2-8,10-11,13-17,29H,9,12,18H2,1H3;1H/b8-5+;. The molecule has 2 N–H and O–H groups in total. The van der Waals surface area contributed by atoms with E-state index in [-0.39, 0.29) is 28.7 Å². The zero-order valence-electron chi connectivity index (χ0n) is 18.2. The van der Waals surface area contributed by atoms with Crippen LogP contribution in [-0.4, -0.2) is 24.5 Å². The summed E-state index contributed by atoms with van der Waals surface area (Å²) in [6.45, 7) is 1.12. The van der Waals surface area contributed by atoms with Crippen LogP contribution < -0.4 is 31.6 Å². The van der Waals surface area contributed by atoms with E-state index in [9.17, 15) is 9.18 Å². The Kier molecular flexibility index (Phi) is 8.38. The number of methoxy groups -OCH3 is 1. The van der Waals surface area contributed by atoms with Gasteiger partial charge < -0.3 is 32.0 Å². The van der Waals surface area contributed by atoms with Gasteiger partial charge >= 0.3 is 0 Å². The van der Waals surface area contributed by atoms with Gasteiger partial charge in [-0.05, 0) is 54.0 Å². The number of amides is 1.